The Kier molecular flexibility index (Phi) is 3.35. The molecule has 0 atom stereocenters. The van der Waals surface area contributed by atoms with Crippen LogP contribution in [0.2, 0.25) is 0 Å². The topological polar surface area (TPSA) is 62.0 Å². The van der Waals surface area contributed by atoms with Crippen molar-refractivity contribution in [2.45, 2.75) is 0 Å². The van der Waals surface area contributed by atoms with Crippen molar-refractivity contribution < 1.29 is 4.79 Å². The number of hydrogen-bond acceptors (Lipinski definition) is 2. The molecule has 0 aliphatic carbocycles. The van der Waals surface area contributed by atoms with E-state index in [2.05, 4.69) is 10.3 Å². The molecule has 0 aliphatic rings. The highest BCUT2D eigenvalue weighted by Gasteiger charge is 2.12. The molecule has 0 saturated heterocycles. The number of aromatic nitrogens is 1. The molecule has 24 heavy (non-hydrogen) atoms. The summed E-state index contributed by atoms with van der Waals surface area (Å²) in [6, 6.07) is 22.3. The van der Waals surface area contributed by atoms with Crippen LogP contribution in [0.3, 0.4) is 0 Å². The standard InChI is InChI=1S/C20H14N2O2/c23-19-12-17(16-7-3-4-8-18(16)22-19)20(24)21-15-10-9-13-5-1-2-6-14(13)11-15/h1-12H,(H,21,24)(H,22,23). The Morgan fingerprint density at radius 3 is 2.46 bits per heavy atom. The van der Waals surface area contributed by atoms with Crippen LogP contribution in [-0.2, 0) is 0 Å². The van der Waals surface area contributed by atoms with Gasteiger partial charge in [0.1, 0.15) is 0 Å². The lowest BCUT2D eigenvalue weighted by molar-refractivity contribution is 0.102. The molecule has 0 saturated carbocycles. The van der Waals surface area contributed by atoms with Crippen LogP contribution in [0.1, 0.15) is 10.4 Å². The van der Waals surface area contributed by atoms with E-state index in [9.17, 15) is 9.59 Å². The average molecular weight is 314 g/mol. The maximum atomic E-state index is 12.7. The first-order chi connectivity index (χ1) is 11.7. The van der Waals surface area contributed by atoms with E-state index in [0.717, 1.165) is 16.2 Å². The van der Waals surface area contributed by atoms with Crippen LogP contribution in [0.5, 0.6) is 0 Å². The number of hydrogen-bond donors (Lipinski definition) is 2. The van der Waals surface area contributed by atoms with Crippen molar-refractivity contribution in [2.75, 3.05) is 5.32 Å². The normalized spacial score (nSPS) is 10.8. The van der Waals surface area contributed by atoms with Gasteiger partial charge in [-0.25, -0.2) is 0 Å². The molecule has 0 fully saturated rings. The van der Waals surface area contributed by atoms with Crippen molar-refractivity contribution in [3.63, 3.8) is 0 Å². The maximum absolute atomic E-state index is 12.7. The predicted octanol–water partition coefficient (Wildman–Crippen LogP) is 3.93. The third-order valence-electron chi connectivity index (χ3n) is 4.00. The first-order valence-electron chi connectivity index (χ1n) is 7.63. The predicted molar refractivity (Wildman–Crippen MR) is 96.5 cm³/mol. The Balaban J connectivity index is 1.74. The molecule has 0 spiro atoms. The number of carbonyl (C=O) groups is 1. The van der Waals surface area contributed by atoms with Gasteiger partial charge < -0.3 is 10.3 Å². The monoisotopic (exact) mass is 314 g/mol. The third kappa shape index (κ3) is 2.54. The largest absolute Gasteiger partial charge is 0.322 e. The van der Waals surface area contributed by atoms with E-state index >= 15 is 0 Å². The van der Waals surface area contributed by atoms with Gasteiger partial charge in [0.15, 0.2) is 0 Å². The Bertz CT molecular complexity index is 1130. The van der Waals surface area contributed by atoms with Crippen molar-refractivity contribution >= 4 is 33.3 Å². The number of H-pyrrole nitrogens is 1. The molecule has 3 aromatic carbocycles. The van der Waals surface area contributed by atoms with E-state index in [1.807, 2.05) is 60.7 Å². The molecule has 1 amide bonds. The first kappa shape index (κ1) is 14.2. The minimum absolute atomic E-state index is 0.294. The summed E-state index contributed by atoms with van der Waals surface area (Å²) in [5, 5.41) is 5.75. The molecule has 4 heteroatoms. The highest BCUT2D eigenvalue weighted by atomic mass is 16.2. The van der Waals surface area contributed by atoms with E-state index in [4.69, 9.17) is 0 Å². The number of amides is 1. The summed E-state index contributed by atoms with van der Waals surface area (Å²) < 4.78 is 0. The molecule has 2 N–H and O–H groups in total. The smallest absolute Gasteiger partial charge is 0.256 e. The molecule has 0 bridgehead atoms. The van der Waals surface area contributed by atoms with Crippen molar-refractivity contribution in [3.8, 4) is 0 Å². The van der Waals surface area contributed by atoms with Crippen LogP contribution in [0.15, 0.2) is 77.6 Å². The van der Waals surface area contributed by atoms with Crippen LogP contribution in [0.4, 0.5) is 5.69 Å². The Labute approximate surface area is 137 Å². The second-order valence-corrected chi connectivity index (χ2v) is 5.61. The van der Waals surface area contributed by atoms with E-state index in [1.54, 1.807) is 6.07 Å². The quantitative estimate of drug-likeness (QED) is 0.589. The van der Waals surface area contributed by atoms with E-state index in [-0.39, 0.29) is 11.5 Å². The first-order valence-corrected chi connectivity index (χ1v) is 7.63. The van der Waals surface area contributed by atoms with E-state index in [0.29, 0.717) is 16.8 Å². The summed E-state index contributed by atoms with van der Waals surface area (Å²) in [5.74, 6) is -0.299. The fraction of sp³-hybridized carbons (Fsp3) is 0. The van der Waals surface area contributed by atoms with Crippen LogP contribution < -0.4 is 10.9 Å². The lowest BCUT2D eigenvalue weighted by Gasteiger charge is -2.09. The van der Waals surface area contributed by atoms with Crippen molar-refractivity contribution in [2.24, 2.45) is 0 Å². The van der Waals surface area contributed by atoms with E-state index in [1.165, 1.54) is 6.07 Å². The molecule has 0 radical (unpaired) electrons. The fourth-order valence-corrected chi connectivity index (χ4v) is 2.86. The lowest BCUT2D eigenvalue weighted by atomic mass is 10.1. The molecule has 4 nitrogen and oxygen atoms in total. The molecule has 116 valence electrons. The van der Waals surface area contributed by atoms with Crippen LogP contribution in [-0.4, -0.2) is 10.9 Å². The lowest BCUT2D eigenvalue weighted by Crippen LogP contribution is -2.16. The second-order valence-electron chi connectivity index (χ2n) is 5.61. The SMILES string of the molecule is O=C(Nc1ccc2ccccc2c1)c1cc(=O)[nH]c2ccccc12. The molecular formula is C20H14N2O2. The van der Waals surface area contributed by atoms with Gasteiger partial charge in [-0.15, -0.1) is 0 Å². The zero-order valence-corrected chi connectivity index (χ0v) is 12.7. The number of nitrogens with one attached hydrogen (secondary N) is 2. The van der Waals surface area contributed by atoms with Crippen LogP contribution in [0, 0.1) is 0 Å². The number of fused-ring (bicyclic) bond motifs is 2. The van der Waals surface area contributed by atoms with Gasteiger partial charge in [-0.1, -0.05) is 48.5 Å². The van der Waals surface area contributed by atoms with Gasteiger partial charge in [-0.05, 0) is 29.0 Å². The van der Waals surface area contributed by atoms with Gasteiger partial charge >= 0.3 is 0 Å². The Hall–Kier alpha value is -3.40. The summed E-state index contributed by atoms with van der Waals surface area (Å²) in [6.07, 6.45) is 0. The van der Waals surface area contributed by atoms with Gasteiger partial charge in [0, 0.05) is 22.7 Å². The summed E-state index contributed by atoms with van der Waals surface area (Å²) >= 11 is 0. The summed E-state index contributed by atoms with van der Waals surface area (Å²) in [7, 11) is 0. The van der Waals surface area contributed by atoms with Gasteiger partial charge in [0.25, 0.3) is 5.91 Å². The van der Waals surface area contributed by atoms with Gasteiger partial charge in [0.05, 0.1) is 5.56 Å². The molecule has 4 rings (SSSR count). The molecule has 1 aromatic heterocycles. The summed E-state index contributed by atoms with van der Waals surface area (Å²) in [5.41, 5.74) is 1.41. The van der Waals surface area contributed by atoms with Crippen molar-refractivity contribution in [1.82, 2.24) is 4.98 Å². The molecule has 1 heterocycles. The van der Waals surface area contributed by atoms with Crippen molar-refractivity contribution in [3.05, 3.63) is 88.7 Å². The minimum Gasteiger partial charge on any atom is -0.322 e. The fourth-order valence-electron chi connectivity index (χ4n) is 2.86. The number of aromatic amines is 1. The van der Waals surface area contributed by atoms with Crippen molar-refractivity contribution in [1.29, 1.82) is 0 Å². The van der Waals surface area contributed by atoms with Gasteiger partial charge in [-0.2, -0.15) is 0 Å². The molecular weight excluding hydrogens is 300 g/mol. The highest BCUT2D eigenvalue weighted by Crippen LogP contribution is 2.21. The summed E-state index contributed by atoms with van der Waals surface area (Å²) in [4.78, 5) is 27.2. The Morgan fingerprint density at radius 2 is 1.58 bits per heavy atom. The third-order valence-corrected chi connectivity index (χ3v) is 4.00. The average Bonchev–Trinajstić information content (AvgIpc) is 2.60. The van der Waals surface area contributed by atoms with Crippen LogP contribution in [0.25, 0.3) is 21.7 Å². The van der Waals surface area contributed by atoms with Gasteiger partial charge in [0.2, 0.25) is 5.56 Å². The molecule has 4 aromatic rings. The van der Waals surface area contributed by atoms with Crippen LogP contribution >= 0.6 is 0 Å². The highest BCUT2D eigenvalue weighted by molar-refractivity contribution is 6.12. The maximum Gasteiger partial charge on any atom is 0.256 e. The number of para-hydroxylation sites is 1. The van der Waals surface area contributed by atoms with E-state index < -0.39 is 0 Å². The Morgan fingerprint density at radius 1 is 0.833 bits per heavy atom. The zero-order valence-electron chi connectivity index (χ0n) is 12.7. The second kappa shape index (κ2) is 5.66. The number of pyridine rings is 1. The number of anilines is 1. The zero-order chi connectivity index (χ0) is 16.5. The molecule has 0 unspecified atom stereocenters. The molecule has 0 aliphatic heterocycles. The van der Waals surface area contributed by atoms with Gasteiger partial charge in [-0.3, -0.25) is 9.59 Å². The number of rotatable bonds is 2. The number of benzene rings is 3. The summed E-state index contributed by atoms with van der Waals surface area (Å²) in [6.45, 7) is 0. The minimum atomic E-state index is -0.299. The number of carbonyl (C=O) groups excluding carboxylic acids is 1.